The third kappa shape index (κ3) is 6.00. The number of amides is 2. The number of carbonyl (C=O) groups is 2. The second-order valence-electron chi connectivity index (χ2n) is 6.72. The van der Waals surface area contributed by atoms with Gasteiger partial charge in [-0.2, -0.15) is 0 Å². The molecule has 0 radical (unpaired) electrons. The number of halogens is 1. The molecule has 0 spiro atoms. The second kappa shape index (κ2) is 9.42. The van der Waals surface area contributed by atoms with Crippen molar-refractivity contribution in [1.82, 2.24) is 5.32 Å². The Morgan fingerprint density at radius 2 is 1.56 bits per heavy atom. The third-order valence-corrected chi connectivity index (χ3v) is 4.85. The standard InChI is InChI=1S/C21H24ClN3O2/c22-17-6-4-16(5-7-17)15-23-20(26)14-21(27)24-18-8-10-19(11-9-18)25-12-2-1-3-13-25/h4-11H,1-3,12-15H2,(H,23,26)(H,24,27). The minimum Gasteiger partial charge on any atom is -0.372 e. The maximum Gasteiger partial charge on any atom is 0.233 e. The third-order valence-electron chi connectivity index (χ3n) is 4.60. The van der Waals surface area contributed by atoms with Gasteiger partial charge in [-0.05, 0) is 61.2 Å². The minimum absolute atomic E-state index is 0.207. The molecule has 0 unspecified atom stereocenters. The van der Waals surface area contributed by atoms with E-state index in [2.05, 4.69) is 15.5 Å². The predicted octanol–water partition coefficient (Wildman–Crippen LogP) is 3.98. The van der Waals surface area contributed by atoms with Crippen molar-refractivity contribution < 1.29 is 9.59 Å². The van der Waals surface area contributed by atoms with Crippen LogP contribution in [-0.4, -0.2) is 24.9 Å². The molecule has 2 N–H and O–H groups in total. The zero-order valence-electron chi connectivity index (χ0n) is 15.2. The highest BCUT2D eigenvalue weighted by molar-refractivity contribution is 6.30. The lowest BCUT2D eigenvalue weighted by atomic mass is 10.1. The molecule has 0 atom stereocenters. The Labute approximate surface area is 164 Å². The minimum atomic E-state index is -0.325. The lowest BCUT2D eigenvalue weighted by Crippen LogP contribution is -2.29. The van der Waals surface area contributed by atoms with Crippen molar-refractivity contribution in [1.29, 1.82) is 0 Å². The molecule has 2 aromatic carbocycles. The number of carbonyl (C=O) groups excluding carboxylic acids is 2. The fraction of sp³-hybridized carbons (Fsp3) is 0.333. The average Bonchev–Trinajstić information content (AvgIpc) is 2.69. The van der Waals surface area contributed by atoms with Crippen molar-refractivity contribution in [2.24, 2.45) is 0 Å². The fourth-order valence-corrected chi connectivity index (χ4v) is 3.25. The monoisotopic (exact) mass is 385 g/mol. The van der Waals surface area contributed by atoms with Crippen LogP contribution in [0.4, 0.5) is 11.4 Å². The Morgan fingerprint density at radius 3 is 2.22 bits per heavy atom. The van der Waals surface area contributed by atoms with E-state index in [1.165, 1.54) is 24.9 Å². The summed E-state index contributed by atoms with van der Waals surface area (Å²) in [5.74, 6) is -0.637. The van der Waals surface area contributed by atoms with E-state index in [-0.39, 0.29) is 18.2 Å². The normalized spacial score (nSPS) is 13.9. The molecule has 6 heteroatoms. The van der Waals surface area contributed by atoms with Crippen molar-refractivity contribution in [3.05, 3.63) is 59.1 Å². The van der Waals surface area contributed by atoms with Crippen molar-refractivity contribution in [2.75, 3.05) is 23.3 Å². The quantitative estimate of drug-likeness (QED) is 0.739. The lowest BCUT2D eigenvalue weighted by molar-refractivity contribution is -0.126. The van der Waals surface area contributed by atoms with Gasteiger partial charge in [0, 0.05) is 36.0 Å². The van der Waals surface area contributed by atoms with E-state index < -0.39 is 0 Å². The molecule has 0 saturated carbocycles. The molecule has 2 amide bonds. The van der Waals surface area contributed by atoms with Gasteiger partial charge in [0.25, 0.3) is 0 Å². The van der Waals surface area contributed by atoms with Crippen LogP contribution >= 0.6 is 11.6 Å². The summed E-state index contributed by atoms with van der Waals surface area (Å²) < 4.78 is 0. The van der Waals surface area contributed by atoms with Crippen LogP contribution in [0.1, 0.15) is 31.2 Å². The molecule has 5 nitrogen and oxygen atoms in total. The van der Waals surface area contributed by atoms with Gasteiger partial charge >= 0.3 is 0 Å². The highest BCUT2D eigenvalue weighted by Gasteiger charge is 2.12. The van der Waals surface area contributed by atoms with Crippen LogP contribution in [-0.2, 0) is 16.1 Å². The Kier molecular flexibility index (Phi) is 6.71. The van der Waals surface area contributed by atoms with Crippen molar-refractivity contribution in [3.8, 4) is 0 Å². The smallest absolute Gasteiger partial charge is 0.233 e. The molecule has 1 saturated heterocycles. The van der Waals surface area contributed by atoms with E-state index in [1.54, 1.807) is 12.1 Å². The average molecular weight is 386 g/mol. The summed E-state index contributed by atoms with van der Waals surface area (Å²) in [5.41, 5.74) is 2.81. The SMILES string of the molecule is O=C(CC(=O)Nc1ccc(N2CCCCC2)cc1)NCc1ccc(Cl)cc1. The number of piperidine rings is 1. The summed E-state index contributed by atoms with van der Waals surface area (Å²) in [4.78, 5) is 26.4. The molecule has 2 aromatic rings. The number of benzene rings is 2. The van der Waals surface area contributed by atoms with E-state index in [9.17, 15) is 9.59 Å². The first kappa shape index (κ1) is 19.2. The lowest BCUT2D eigenvalue weighted by Gasteiger charge is -2.28. The number of nitrogens with one attached hydrogen (secondary N) is 2. The summed E-state index contributed by atoms with van der Waals surface area (Å²) in [5, 5.41) is 6.16. The van der Waals surface area contributed by atoms with E-state index in [1.807, 2.05) is 36.4 Å². The molecule has 0 aromatic heterocycles. The van der Waals surface area contributed by atoms with Gasteiger partial charge in [0.05, 0.1) is 0 Å². The Balaban J connectivity index is 1.44. The Bertz CT molecular complexity index is 769. The first-order chi connectivity index (χ1) is 13.1. The van der Waals surface area contributed by atoms with Crippen molar-refractivity contribution in [2.45, 2.75) is 32.2 Å². The molecule has 27 heavy (non-hydrogen) atoms. The molecule has 142 valence electrons. The Hall–Kier alpha value is -2.53. The number of rotatable bonds is 6. The van der Waals surface area contributed by atoms with Crippen LogP contribution in [0.5, 0.6) is 0 Å². The highest BCUT2D eigenvalue weighted by Crippen LogP contribution is 2.21. The number of anilines is 2. The van der Waals surface area contributed by atoms with Crippen LogP contribution in [0.15, 0.2) is 48.5 Å². The molecule has 0 bridgehead atoms. The van der Waals surface area contributed by atoms with Crippen molar-refractivity contribution in [3.63, 3.8) is 0 Å². The predicted molar refractivity (Wildman–Crippen MR) is 109 cm³/mol. The highest BCUT2D eigenvalue weighted by atomic mass is 35.5. The van der Waals surface area contributed by atoms with E-state index in [0.717, 1.165) is 18.7 Å². The second-order valence-corrected chi connectivity index (χ2v) is 7.16. The van der Waals surface area contributed by atoms with Crippen LogP contribution in [0.3, 0.4) is 0 Å². The summed E-state index contributed by atoms with van der Waals surface area (Å²) in [6.07, 6.45) is 3.54. The maximum atomic E-state index is 12.1. The molecule has 1 aliphatic heterocycles. The molecule has 1 aliphatic rings. The van der Waals surface area contributed by atoms with Crippen molar-refractivity contribution >= 4 is 34.8 Å². The van der Waals surface area contributed by atoms with E-state index in [0.29, 0.717) is 17.3 Å². The summed E-state index contributed by atoms with van der Waals surface area (Å²) in [6, 6.07) is 15.0. The van der Waals surface area contributed by atoms with Gasteiger partial charge in [0.2, 0.25) is 11.8 Å². The van der Waals surface area contributed by atoms with Crippen LogP contribution in [0.25, 0.3) is 0 Å². The first-order valence-corrected chi connectivity index (χ1v) is 9.64. The zero-order valence-corrected chi connectivity index (χ0v) is 16.0. The van der Waals surface area contributed by atoms with Gasteiger partial charge in [-0.1, -0.05) is 23.7 Å². The fourth-order valence-electron chi connectivity index (χ4n) is 3.12. The molecule has 1 heterocycles. The van der Waals surface area contributed by atoms with Crippen LogP contribution in [0.2, 0.25) is 5.02 Å². The van der Waals surface area contributed by atoms with Gasteiger partial charge in [0.15, 0.2) is 0 Å². The maximum absolute atomic E-state index is 12.1. The van der Waals surface area contributed by atoms with Gasteiger partial charge in [-0.25, -0.2) is 0 Å². The Morgan fingerprint density at radius 1 is 0.889 bits per heavy atom. The molecule has 1 fully saturated rings. The summed E-state index contributed by atoms with van der Waals surface area (Å²) >= 11 is 5.83. The van der Waals surface area contributed by atoms with E-state index >= 15 is 0 Å². The molecular formula is C21H24ClN3O2. The van der Waals surface area contributed by atoms with Gasteiger partial charge in [-0.15, -0.1) is 0 Å². The molecule has 0 aliphatic carbocycles. The summed E-state index contributed by atoms with van der Waals surface area (Å²) in [6.45, 7) is 2.53. The van der Waals surface area contributed by atoms with Crippen LogP contribution < -0.4 is 15.5 Å². The van der Waals surface area contributed by atoms with Gasteiger partial charge in [-0.3, -0.25) is 9.59 Å². The number of hydrogen-bond donors (Lipinski definition) is 2. The molecular weight excluding hydrogens is 362 g/mol. The molecule has 3 rings (SSSR count). The number of hydrogen-bond acceptors (Lipinski definition) is 3. The van der Waals surface area contributed by atoms with E-state index in [4.69, 9.17) is 11.6 Å². The van der Waals surface area contributed by atoms with Gasteiger partial charge in [0.1, 0.15) is 6.42 Å². The topological polar surface area (TPSA) is 61.4 Å². The van der Waals surface area contributed by atoms with Crippen LogP contribution in [0, 0.1) is 0 Å². The number of nitrogens with zero attached hydrogens (tertiary/aromatic N) is 1. The first-order valence-electron chi connectivity index (χ1n) is 9.26. The summed E-state index contributed by atoms with van der Waals surface area (Å²) in [7, 11) is 0. The zero-order chi connectivity index (χ0) is 19.1. The largest absolute Gasteiger partial charge is 0.372 e. The van der Waals surface area contributed by atoms with Gasteiger partial charge < -0.3 is 15.5 Å².